The Bertz CT molecular complexity index is 113. The third-order valence-electron chi connectivity index (χ3n) is 2.73. The second-order valence-corrected chi connectivity index (χ2v) is 3.28. The molecule has 3 atom stereocenters. The standard InChI is InChI=1S/C7H14N2/c8-4-5-3-6-1-2-7(5)9-6/h5-7,9H,1-4,8H2/t5-,6+,7-/m0/s1. The molecule has 0 unspecified atom stereocenters. The molecule has 0 aromatic rings. The molecule has 2 heterocycles. The number of nitrogens with one attached hydrogen (secondary N) is 1. The molecule has 0 amide bonds. The van der Waals surface area contributed by atoms with E-state index in [0.717, 1.165) is 24.5 Å². The quantitative estimate of drug-likeness (QED) is 0.522. The average Bonchev–Trinajstić information content (AvgIpc) is 2.45. The second-order valence-electron chi connectivity index (χ2n) is 3.28. The lowest BCUT2D eigenvalue weighted by molar-refractivity contribution is 0.415. The van der Waals surface area contributed by atoms with Crippen LogP contribution in [0.5, 0.6) is 0 Å². The summed E-state index contributed by atoms with van der Waals surface area (Å²) in [6.45, 7) is 0.883. The number of hydrogen-bond acceptors (Lipinski definition) is 2. The maximum atomic E-state index is 5.58. The first kappa shape index (κ1) is 5.69. The van der Waals surface area contributed by atoms with Gasteiger partial charge in [0.25, 0.3) is 0 Å². The van der Waals surface area contributed by atoms with Crippen molar-refractivity contribution in [2.45, 2.75) is 31.3 Å². The molecule has 2 nitrogen and oxygen atoms in total. The van der Waals surface area contributed by atoms with E-state index in [-0.39, 0.29) is 0 Å². The largest absolute Gasteiger partial charge is 0.330 e. The molecule has 2 rings (SSSR count). The fourth-order valence-electron chi connectivity index (χ4n) is 2.20. The molecule has 0 radical (unpaired) electrons. The van der Waals surface area contributed by atoms with Gasteiger partial charge in [0.15, 0.2) is 0 Å². The number of fused-ring (bicyclic) bond motifs is 2. The molecule has 0 aromatic carbocycles. The van der Waals surface area contributed by atoms with Gasteiger partial charge in [0.05, 0.1) is 0 Å². The van der Waals surface area contributed by atoms with Gasteiger partial charge >= 0.3 is 0 Å². The van der Waals surface area contributed by atoms with Crippen LogP contribution in [0.1, 0.15) is 19.3 Å². The van der Waals surface area contributed by atoms with E-state index in [4.69, 9.17) is 5.73 Å². The molecule has 52 valence electrons. The topological polar surface area (TPSA) is 38.0 Å². The number of rotatable bonds is 1. The van der Waals surface area contributed by atoms with Crippen molar-refractivity contribution in [3.05, 3.63) is 0 Å². The third kappa shape index (κ3) is 0.775. The first-order valence-corrected chi connectivity index (χ1v) is 3.86. The van der Waals surface area contributed by atoms with Crippen molar-refractivity contribution < 1.29 is 0 Å². The Labute approximate surface area is 55.8 Å². The fourth-order valence-corrected chi connectivity index (χ4v) is 2.20. The highest BCUT2D eigenvalue weighted by Crippen LogP contribution is 2.32. The summed E-state index contributed by atoms with van der Waals surface area (Å²) in [7, 11) is 0. The zero-order chi connectivity index (χ0) is 6.27. The van der Waals surface area contributed by atoms with Gasteiger partial charge in [-0.15, -0.1) is 0 Å². The number of nitrogens with two attached hydrogens (primary N) is 1. The predicted octanol–water partition coefficient (Wildman–Crippen LogP) is 0.0856. The van der Waals surface area contributed by atoms with E-state index in [9.17, 15) is 0 Å². The smallest absolute Gasteiger partial charge is 0.0111 e. The lowest BCUT2D eigenvalue weighted by atomic mass is 9.89. The van der Waals surface area contributed by atoms with E-state index in [0.29, 0.717) is 0 Å². The zero-order valence-corrected chi connectivity index (χ0v) is 5.64. The molecule has 9 heavy (non-hydrogen) atoms. The van der Waals surface area contributed by atoms with Gasteiger partial charge in [-0.3, -0.25) is 0 Å². The Hall–Kier alpha value is -0.0800. The van der Waals surface area contributed by atoms with Crippen LogP contribution in [0.25, 0.3) is 0 Å². The van der Waals surface area contributed by atoms with E-state index in [1.807, 2.05) is 0 Å². The van der Waals surface area contributed by atoms with Crippen LogP contribution in [0, 0.1) is 5.92 Å². The lowest BCUT2D eigenvalue weighted by Crippen LogP contribution is -2.27. The molecule has 2 aliphatic rings. The van der Waals surface area contributed by atoms with Crippen LogP contribution in [0.15, 0.2) is 0 Å². The summed E-state index contributed by atoms with van der Waals surface area (Å²) in [6.07, 6.45) is 4.09. The molecule has 0 aromatic heterocycles. The van der Waals surface area contributed by atoms with E-state index in [1.165, 1.54) is 19.3 Å². The Morgan fingerprint density at radius 1 is 1.44 bits per heavy atom. The summed E-state index contributed by atoms with van der Waals surface area (Å²) >= 11 is 0. The van der Waals surface area contributed by atoms with Crippen molar-refractivity contribution in [3.63, 3.8) is 0 Å². The van der Waals surface area contributed by atoms with Gasteiger partial charge in [0, 0.05) is 12.1 Å². The first-order valence-electron chi connectivity index (χ1n) is 3.86. The molecule has 2 fully saturated rings. The molecule has 3 N–H and O–H groups in total. The Morgan fingerprint density at radius 3 is 2.67 bits per heavy atom. The highest BCUT2D eigenvalue weighted by atomic mass is 15.0. The molecule has 2 saturated heterocycles. The maximum Gasteiger partial charge on any atom is 0.0111 e. The van der Waals surface area contributed by atoms with Crippen molar-refractivity contribution in [1.82, 2.24) is 5.32 Å². The van der Waals surface area contributed by atoms with Crippen molar-refractivity contribution in [3.8, 4) is 0 Å². The fraction of sp³-hybridized carbons (Fsp3) is 1.00. The van der Waals surface area contributed by atoms with Gasteiger partial charge in [0.2, 0.25) is 0 Å². The SMILES string of the molecule is NC[C@@H]1C[C@H]2CC[C@@H]1N2. The Balaban J connectivity index is 2.01. The normalized spacial score (nSPS) is 48.3. The minimum atomic E-state index is 0.778. The lowest BCUT2D eigenvalue weighted by Gasteiger charge is -2.16. The van der Waals surface area contributed by atoms with Gasteiger partial charge < -0.3 is 11.1 Å². The second kappa shape index (κ2) is 1.96. The Kier molecular flexibility index (Phi) is 1.24. The summed E-state index contributed by atoms with van der Waals surface area (Å²) in [5, 5.41) is 3.55. The Morgan fingerprint density at radius 2 is 2.33 bits per heavy atom. The summed E-state index contributed by atoms with van der Waals surface area (Å²) in [4.78, 5) is 0. The predicted molar refractivity (Wildman–Crippen MR) is 37.1 cm³/mol. The van der Waals surface area contributed by atoms with Crippen molar-refractivity contribution in [2.75, 3.05) is 6.54 Å². The average molecular weight is 126 g/mol. The van der Waals surface area contributed by atoms with Crippen molar-refractivity contribution in [1.29, 1.82) is 0 Å². The minimum absolute atomic E-state index is 0.778. The van der Waals surface area contributed by atoms with Crippen molar-refractivity contribution >= 4 is 0 Å². The highest BCUT2D eigenvalue weighted by Gasteiger charge is 2.37. The van der Waals surface area contributed by atoms with Crippen molar-refractivity contribution in [2.24, 2.45) is 11.7 Å². The van der Waals surface area contributed by atoms with E-state index in [2.05, 4.69) is 5.32 Å². The molecular weight excluding hydrogens is 112 g/mol. The molecule has 2 bridgehead atoms. The number of hydrogen-bond donors (Lipinski definition) is 2. The zero-order valence-electron chi connectivity index (χ0n) is 5.64. The molecule has 2 heteroatoms. The van der Waals surface area contributed by atoms with Crippen LogP contribution in [0.3, 0.4) is 0 Å². The first-order chi connectivity index (χ1) is 4.40. The summed E-state index contributed by atoms with van der Waals surface area (Å²) in [5.41, 5.74) is 5.58. The minimum Gasteiger partial charge on any atom is -0.330 e. The third-order valence-corrected chi connectivity index (χ3v) is 2.73. The summed E-state index contributed by atoms with van der Waals surface area (Å²) < 4.78 is 0. The molecule has 0 saturated carbocycles. The van der Waals surface area contributed by atoms with Crippen LogP contribution in [-0.2, 0) is 0 Å². The van der Waals surface area contributed by atoms with E-state index >= 15 is 0 Å². The van der Waals surface area contributed by atoms with E-state index < -0.39 is 0 Å². The van der Waals surface area contributed by atoms with Crippen LogP contribution in [0.4, 0.5) is 0 Å². The molecule has 2 aliphatic heterocycles. The summed E-state index contributed by atoms with van der Waals surface area (Å²) in [6, 6.07) is 1.60. The molecule has 0 spiro atoms. The maximum absolute atomic E-state index is 5.58. The summed E-state index contributed by atoms with van der Waals surface area (Å²) in [5.74, 6) is 0.795. The van der Waals surface area contributed by atoms with E-state index in [1.54, 1.807) is 0 Å². The van der Waals surface area contributed by atoms with Crippen LogP contribution >= 0.6 is 0 Å². The molecular formula is C7H14N2. The van der Waals surface area contributed by atoms with Gasteiger partial charge in [-0.25, -0.2) is 0 Å². The highest BCUT2D eigenvalue weighted by molar-refractivity contribution is 4.97. The van der Waals surface area contributed by atoms with Gasteiger partial charge in [-0.05, 0) is 31.7 Å². The van der Waals surface area contributed by atoms with Crippen LogP contribution < -0.4 is 11.1 Å². The van der Waals surface area contributed by atoms with Gasteiger partial charge in [-0.2, -0.15) is 0 Å². The molecule has 0 aliphatic carbocycles. The van der Waals surface area contributed by atoms with Gasteiger partial charge in [-0.1, -0.05) is 0 Å². The van der Waals surface area contributed by atoms with Gasteiger partial charge in [0.1, 0.15) is 0 Å². The monoisotopic (exact) mass is 126 g/mol. The van der Waals surface area contributed by atoms with Crippen LogP contribution in [-0.4, -0.2) is 18.6 Å². The van der Waals surface area contributed by atoms with Crippen LogP contribution in [0.2, 0.25) is 0 Å².